The monoisotopic (exact) mass is 435 g/mol. The number of hydrogen-bond donors (Lipinski definition) is 1. The molecule has 1 heterocycles. The van der Waals surface area contributed by atoms with Crippen LogP contribution in [0.3, 0.4) is 0 Å². The number of amides is 1. The highest BCUT2D eigenvalue weighted by Gasteiger charge is 2.14. The third-order valence-electron chi connectivity index (χ3n) is 3.85. The van der Waals surface area contributed by atoms with Crippen LogP contribution in [-0.4, -0.2) is 29.6 Å². The molecule has 32 heavy (non-hydrogen) atoms. The lowest BCUT2D eigenvalue weighted by Crippen LogP contribution is -2.24. The van der Waals surface area contributed by atoms with Crippen molar-refractivity contribution in [2.75, 3.05) is 6.61 Å². The van der Waals surface area contributed by atoms with E-state index in [4.69, 9.17) is 13.9 Å². The average molecular weight is 435 g/mol. The summed E-state index contributed by atoms with van der Waals surface area (Å²) in [4.78, 5) is 33.9. The molecule has 0 fully saturated rings. The first-order valence-corrected chi connectivity index (χ1v) is 9.23. The van der Waals surface area contributed by atoms with Crippen LogP contribution < -0.4 is 14.9 Å². The zero-order valence-corrected chi connectivity index (χ0v) is 16.5. The first-order valence-electron chi connectivity index (χ1n) is 9.23. The second-order valence-electron chi connectivity index (χ2n) is 6.15. The summed E-state index contributed by atoms with van der Waals surface area (Å²) in [6.07, 6.45) is 5.61. The van der Waals surface area contributed by atoms with E-state index in [1.165, 1.54) is 42.8 Å². The van der Waals surface area contributed by atoms with Gasteiger partial charge in [0, 0.05) is 12.1 Å². The zero-order valence-electron chi connectivity index (χ0n) is 16.5. The minimum absolute atomic E-state index is 0.0132. The van der Waals surface area contributed by atoms with E-state index in [-0.39, 0.29) is 11.4 Å². The number of ether oxygens (including phenoxy) is 2. The fourth-order valence-corrected chi connectivity index (χ4v) is 2.39. The van der Waals surface area contributed by atoms with Crippen LogP contribution in [0.2, 0.25) is 0 Å². The van der Waals surface area contributed by atoms with Gasteiger partial charge in [0.05, 0.1) is 17.4 Å². The number of nitro benzene ring substituents is 1. The Kier molecular flexibility index (Phi) is 7.47. The predicted molar refractivity (Wildman–Crippen MR) is 114 cm³/mol. The number of rotatable bonds is 9. The normalized spacial score (nSPS) is 10.9. The van der Waals surface area contributed by atoms with E-state index in [0.717, 1.165) is 0 Å². The molecule has 0 aliphatic rings. The Morgan fingerprint density at radius 2 is 1.88 bits per heavy atom. The predicted octanol–water partition coefficient (Wildman–Crippen LogP) is 3.34. The van der Waals surface area contributed by atoms with Crippen molar-refractivity contribution >= 4 is 29.9 Å². The van der Waals surface area contributed by atoms with Crippen LogP contribution in [0, 0.1) is 10.1 Å². The Morgan fingerprint density at radius 3 is 2.59 bits per heavy atom. The van der Waals surface area contributed by atoms with Crippen molar-refractivity contribution in [2.45, 2.75) is 0 Å². The number of hydrogen-bond acceptors (Lipinski definition) is 8. The first kappa shape index (κ1) is 22.0. The fraction of sp³-hybridized carbons (Fsp3) is 0.0455. The van der Waals surface area contributed by atoms with Gasteiger partial charge in [-0.1, -0.05) is 12.1 Å². The van der Waals surface area contributed by atoms with E-state index in [1.807, 2.05) is 0 Å². The van der Waals surface area contributed by atoms with Gasteiger partial charge in [-0.25, -0.2) is 10.2 Å². The van der Waals surface area contributed by atoms with Crippen molar-refractivity contribution < 1.29 is 28.4 Å². The standard InChI is InChI=1S/C22H17N3O7/c26-21(15-31-20-6-2-1-5-19(20)25(28)29)24-23-14-16-7-9-18(10-8-16)32-22(27)12-11-17-4-3-13-30-17/h1-14H,15H2,(H,24,26)/b12-11-,23-14?. The zero-order chi connectivity index (χ0) is 22.8. The van der Waals surface area contributed by atoms with Gasteiger partial charge in [0.1, 0.15) is 11.5 Å². The molecule has 0 spiro atoms. The molecule has 3 aromatic rings. The van der Waals surface area contributed by atoms with Crippen LogP contribution in [0.15, 0.2) is 82.5 Å². The molecule has 0 bridgehead atoms. The summed E-state index contributed by atoms with van der Waals surface area (Å²) in [7, 11) is 0. The number of para-hydroxylation sites is 2. The lowest BCUT2D eigenvalue weighted by molar-refractivity contribution is -0.385. The maximum atomic E-state index is 11.8. The smallest absolute Gasteiger partial charge is 0.336 e. The van der Waals surface area contributed by atoms with Crippen molar-refractivity contribution in [3.8, 4) is 11.5 Å². The van der Waals surface area contributed by atoms with Gasteiger partial charge in [0.2, 0.25) is 0 Å². The largest absolute Gasteiger partial charge is 0.477 e. The molecule has 0 saturated carbocycles. The van der Waals surface area contributed by atoms with Gasteiger partial charge in [0.15, 0.2) is 12.4 Å². The molecule has 0 unspecified atom stereocenters. The van der Waals surface area contributed by atoms with Crippen LogP contribution in [0.25, 0.3) is 6.08 Å². The number of nitro groups is 1. The number of carbonyl (C=O) groups excluding carboxylic acids is 2. The van der Waals surface area contributed by atoms with E-state index >= 15 is 0 Å². The van der Waals surface area contributed by atoms with Crippen LogP contribution in [-0.2, 0) is 9.59 Å². The van der Waals surface area contributed by atoms with Crippen molar-refractivity contribution in [3.63, 3.8) is 0 Å². The Morgan fingerprint density at radius 1 is 1.09 bits per heavy atom. The van der Waals surface area contributed by atoms with Crippen LogP contribution >= 0.6 is 0 Å². The van der Waals surface area contributed by atoms with E-state index in [1.54, 1.807) is 42.5 Å². The highest BCUT2D eigenvalue weighted by Crippen LogP contribution is 2.25. The summed E-state index contributed by atoms with van der Waals surface area (Å²) >= 11 is 0. The Labute approximate surface area is 181 Å². The summed E-state index contributed by atoms with van der Waals surface area (Å²) in [5.41, 5.74) is 2.66. The van der Waals surface area contributed by atoms with E-state index in [9.17, 15) is 19.7 Å². The van der Waals surface area contributed by atoms with Crippen LogP contribution in [0.1, 0.15) is 11.3 Å². The van der Waals surface area contributed by atoms with Gasteiger partial charge in [-0.3, -0.25) is 14.9 Å². The molecule has 10 nitrogen and oxygen atoms in total. The molecule has 1 aromatic heterocycles. The number of esters is 1. The third kappa shape index (κ3) is 6.66. The molecule has 0 aliphatic heterocycles. The lowest BCUT2D eigenvalue weighted by Gasteiger charge is -2.05. The summed E-state index contributed by atoms with van der Waals surface area (Å²) < 4.78 is 15.4. The Bertz CT molecular complexity index is 1140. The van der Waals surface area contributed by atoms with Crippen molar-refractivity contribution in [2.24, 2.45) is 5.10 Å². The Balaban J connectivity index is 1.45. The van der Waals surface area contributed by atoms with E-state index in [0.29, 0.717) is 17.1 Å². The summed E-state index contributed by atoms with van der Waals surface area (Å²) in [6, 6.07) is 15.6. The van der Waals surface area contributed by atoms with Crippen LogP contribution in [0.5, 0.6) is 11.5 Å². The molecule has 162 valence electrons. The third-order valence-corrected chi connectivity index (χ3v) is 3.85. The number of nitrogens with zero attached hydrogens (tertiary/aromatic N) is 2. The van der Waals surface area contributed by atoms with Crippen molar-refractivity contribution in [1.29, 1.82) is 0 Å². The summed E-state index contributed by atoms with van der Waals surface area (Å²) in [5, 5.41) is 14.7. The van der Waals surface area contributed by atoms with Gasteiger partial charge in [-0.15, -0.1) is 0 Å². The molecule has 2 aromatic carbocycles. The highest BCUT2D eigenvalue weighted by molar-refractivity contribution is 5.88. The molecule has 0 aliphatic carbocycles. The van der Waals surface area contributed by atoms with Gasteiger partial charge >= 0.3 is 11.7 Å². The summed E-state index contributed by atoms with van der Waals surface area (Å²) in [5.74, 6) is -0.302. The fourth-order valence-electron chi connectivity index (χ4n) is 2.39. The molecule has 1 N–H and O–H groups in total. The van der Waals surface area contributed by atoms with Crippen molar-refractivity contribution in [1.82, 2.24) is 5.43 Å². The molecule has 1 amide bonds. The van der Waals surface area contributed by atoms with Crippen LogP contribution in [0.4, 0.5) is 5.69 Å². The van der Waals surface area contributed by atoms with Crippen molar-refractivity contribution in [3.05, 3.63) is 94.4 Å². The number of nitrogens with one attached hydrogen (secondary N) is 1. The molecule has 0 atom stereocenters. The minimum atomic E-state index is -0.596. The molecule has 0 saturated heterocycles. The first-order chi connectivity index (χ1) is 15.5. The molecule has 0 radical (unpaired) electrons. The lowest BCUT2D eigenvalue weighted by atomic mass is 10.2. The molecular formula is C22H17N3O7. The molecular weight excluding hydrogens is 418 g/mol. The van der Waals surface area contributed by atoms with E-state index in [2.05, 4.69) is 10.5 Å². The second kappa shape index (κ2) is 10.9. The quantitative estimate of drug-likeness (QED) is 0.136. The number of benzene rings is 2. The average Bonchev–Trinajstić information content (AvgIpc) is 3.31. The van der Waals surface area contributed by atoms with E-state index < -0.39 is 23.4 Å². The van der Waals surface area contributed by atoms with Gasteiger partial charge in [0.25, 0.3) is 5.91 Å². The SMILES string of the molecule is O=C(COc1ccccc1[N+](=O)[O-])NN=Cc1ccc(OC(=O)/C=C\c2ccco2)cc1. The van der Waals surface area contributed by atoms with Gasteiger partial charge < -0.3 is 13.9 Å². The molecule has 3 rings (SSSR count). The van der Waals surface area contributed by atoms with Gasteiger partial charge in [-0.2, -0.15) is 5.10 Å². The maximum Gasteiger partial charge on any atom is 0.336 e. The molecule has 10 heteroatoms. The summed E-state index contributed by atoms with van der Waals surface area (Å²) in [6.45, 7) is -0.442. The number of furan rings is 1. The number of hydrazone groups is 1. The maximum absolute atomic E-state index is 11.8. The number of carbonyl (C=O) groups is 2. The minimum Gasteiger partial charge on any atom is -0.477 e. The highest BCUT2D eigenvalue weighted by atomic mass is 16.6. The Hall–Kier alpha value is -4.73. The second-order valence-corrected chi connectivity index (χ2v) is 6.15. The van der Waals surface area contributed by atoms with Gasteiger partial charge in [-0.05, 0) is 54.1 Å². The topological polar surface area (TPSA) is 133 Å².